The number of nitrogens with two attached hydrogens (primary N) is 1. The van der Waals surface area contributed by atoms with Gasteiger partial charge in [0.2, 0.25) is 0 Å². The van der Waals surface area contributed by atoms with E-state index in [0.717, 1.165) is 12.3 Å². The molecule has 0 radical (unpaired) electrons. The van der Waals surface area contributed by atoms with Gasteiger partial charge in [0.15, 0.2) is 0 Å². The van der Waals surface area contributed by atoms with E-state index in [2.05, 4.69) is 26.8 Å². The van der Waals surface area contributed by atoms with Gasteiger partial charge in [-0.05, 0) is 51.9 Å². The highest BCUT2D eigenvalue weighted by atomic mass is 14.7. The summed E-state index contributed by atoms with van der Waals surface area (Å²) in [7, 11) is 0. The van der Waals surface area contributed by atoms with Crippen LogP contribution in [0.3, 0.4) is 0 Å². The fourth-order valence-corrected chi connectivity index (χ4v) is 2.27. The van der Waals surface area contributed by atoms with Crippen LogP contribution in [-0.4, -0.2) is 5.54 Å². The highest BCUT2D eigenvalue weighted by molar-refractivity contribution is 5.01. The van der Waals surface area contributed by atoms with Gasteiger partial charge in [-0.25, -0.2) is 0 Å². The largest absolute Gasteiger partial charge is 0.325 e. The van der Waals surface area contributed by atoms with Crippen molar-refractivity contribution in [3.8, 4) is 0 Å². The molecular formula is C13H25N. The van der Waals surface area contributed by atoms with Crippen LogP contribution in [0.15, 0.2) is 11.6 Å². The van der Waals surface area contributed by atoms with Crippen molar-refractivity contribution in [2.24, 2.45) is 11.7 Å². The van der Waals surface area contributed by atoms with E-state index >= 15 is 0 Å². The van der Waals surface area contributed by atoms with E-state index in [9.17, 15) is 0 Å². The molecule has 2 N–H and O–H groups in total. The molecule has 1 heteroatoms. The Morgan fingerprint density at radius 2 is 1.93 bits per heavy atom. The second kappa shape index (κ2) is 4.97. The Kier molecular flexibility index (Phi) is 4.18. The fraction of sp³-hybridized carbons (Fsp3) is 0.846. The van der Waals surface area contributed by atoms with Crippen molar-refractivity contribution < 1.29 is 0 Å². The Bertz CT molecular complexity index is 193. The van der Waals surface area contributed by atoms with Crippen LogP contribution < -0.4 is 5.73 Å². The van der Waals surface area contributed by atoms with E-state index < -0.39 is 0 Å². The summed E-state index contributed by atoms with van der Waals surface area (Å²) in [4.78, 5) is 0. The quantitative estimate of drug-likeness (QED) is 0.684. The lowest BCUT2D eigenvalue weighted by Gasteiger charge is -2.36. The number of allylic oxidation sites excluding steroid dienone is 1. The third-order valence-corrected chi connectivity index (χ3v) is 3.60. The first-order valence-corrected chi connectivity index (χ1v) is 5.98. The fourth-order valence-electron chi connectivity index (χ4n) is 2.27. The van der Waals surface area contributed by atoms with Crippen LogP contribution in [0.4, 0.5) is 0 Å². The van der Waals surface area contributed by atoms with Crippen molar-refractivity contribution in [3.63, 3.8) is 0 Å². The Morgan fingerprint density at radius 1 is 1.36 bits per heavy atom. The van der Waals surface area contributed by atoms with E-state index in [1.54, 1.807) is 0 Å². The molecule has 0 atom stereocenters. The molecule has 0 aromatic rings. The second-order valence-corrected chi connectivity index (χ2v) is 5.20. The van der Waals surface area contributed by atoms with Gasteiger partial charge < -0.3 is 5.73 Å². The summed E-state index contributed by atoms with van der Waals surface area (Å²) in [5.74, 6) is 0.943. The number of hydrogen-bond acceptors (Lipinski definition) is 1. The van der Waals surface area contributed by atoms with Gasteiger partial charge in [-0.2, -0.15) is 0 Å². The molecular weight excluding hydrogens is 170 g/mol. The van der Waals surface area contributed by atoms with Crippen molar-refractivity contribution in [2.45, 2.75) is 64.8 Å². The second-order valence-electron chi connectivity index (χ2n) is 5.20. The van der Waals surface area contributed by atoms with Crippen molar-refractivity contribution >= 4 is 0 Å². The molecule has 1 fully saturated rings. The van der Waals surface area contributed by atoms with Crippen molar-refractivity contribution in [3.05, 3.63) is 11.6 Å². The van der Waals surface area contributed by atoms with Crippen LogP contribution in [0.25, 0.3) is 0 Å². The summed E-state index contributed by atoms with van der Waals surface area (Å²) in [6.07, 6.45) is 9.81. The van der Waals surface area contributed by atoms with Crippen LogP contribution in [-0.2, 0) is 0 Å². The Hall–Kier alpha value is -0.300. The van der Waals surface area contributed by atoms with E-state index in [1.807, 2.05) is 0 Å². The smallest absolute Gasteiger partial charge is 0.0189 e. The summed E-state index contributed by atoms with van der Waals surface area (Å²) in [5.41, 5.74) is 7.89. The van der Waals surface area contributed by atoms with Gasteiger partial charge in [-0.15, -0.1) is 0 Å². The van der Waals surface area contributed by atoms with Crippen LogP contribution in [0.1, 0.15) is 59.3 Å². The maximum absolute atomic E-state index is 6.38. The molecule has 1 saturated carbocycles. The monoisotopic (exact) mass is 195 g/mol. The normalized spacial score (nSPS) is 32.7. The SMILES string of the molecule is CCC1CCC(N)(CC=C(C)C)CC1. The predicted molar refractivity (Wildman–Crippen MR) is 63.2 cm³/mol. The zero-order valence-electron chi connectivity index (χ0n) is 9.97. The van der Waals surface area contributed by atoms with Gasteiger partial charge in [-0.3, -0.25) is 0 Å². The van der Waals surface area contributed by atoms with Crippen LogP contribution >= 0.6 is 0 Å². The average Bonchev–Trinajstić information content (AvgIpc) is 2.16. The van der Waals surface area contributed by atoms with E-state index in [-0.39, 0.29) is 5.54 Å². The molecule has 0 spiro atoms. The summed E-state index contributed by atoms with van der Waals surface area (Å²) < 4.78 is 0. The Morgan fingerprint density at radius 3 is 2.36 bits per heavy atom. The first-order chi connectivity index (χ1) is 6.56. The van der Waals surface area contributed by atoms with Crippen LogP contribution in [0.5, 0.6) is 0 Å². The zero-order valence-corrected chi connectivity index (χ0v) is 9.97. The molecule has 0 heterocycles. The number of rotatable bonds is 3. The molecule has 0 bridgehead atoms. The third-order valence-electron chi connectivity index (χ3n) is 3.60. The van der Waals surface area contributed by atoms with Gasteiger partial charge in [0.1, 0.15) is 0 Å². The topological polar surface area (TPSA) is 26.0 Å². The van der Waals surface area contributed by atoms with Crippen molar-refractivity contribution in [1.82, 2.24) is 0 Å². The lowest BCUT2D eigenvalue weighted by atomic mass is 9.74. The summed E-state index contributed by atoms with van der Waals surface area (Å²) >= 11 is 0. The average molecular weight is 195 g/mol. The van der Waals surface area contributed by atoms with Gasteiger partial charge in [0.25, 0.3) is 0 Å². The minimum atomic E-state index is 0.114. The first kappa shape index (κ1) is 11.8. The van der Waals surface area contributed by atoms with Gasteiger partial charge in [0, 0.05) is 5.54 Å². The lowest BCUT2D eigenvalue weighted by Crippen LogP contribution is -2.42. The minimum Gasteiger partial charge on any atom is -0.325 e. The van der Waals surface area contributed by atoms with Gasteiger partial charge >= 0.3 is 0 Å². The molecule has 0 amide bonds. The van der Waals surface area contributed by atoms with Gasteiger partial charge in [0.05, 0.1) is 0 Å². The van der Waals surface area contributed by atoms with E-state index in [1.165, 1.54) is 37.7 Å². The molecule has 0 aromatic carbocycles. The summed E-state index contributed by atoms with van der Waals surface area (Å²) in [6, 6.07) is 0. The highest BCUT2D eigenvalue weighted by Gasteiger charge is 2.29. The lowest BCUT2D eigenvalue weighted by molar-refractivity contribution is 0.231. The molecule has 1 aliphatic carbocycles. The maximum atomic E-state index is 6.38. The molecule has 1 aliphatic rings. The summed E-state index contributed by atoms with van der Waals surface area (Å²) in [6.45, 7) is 6.60. The third kappa shape index (κ3) is 3.45. The van der Waals surface area contributed by atoms with Crippen molar-refractivity contribution in [2.75, 3.05) is 0 Å². The molecule has 0 aliphatic heterocycles. The first-order valence-electron chi connectivity index (χ1n) is 5.98. The van der Waals surface area contributed by atoms with Crippen LogP contribution in [0.2, 0.25) is 0 Å². The Balaban J connectivity index is 2.41. The molecule has 0 saturated heterocycles. The van der Waals surface area contributed by atoms with Crippen LogP contribution in [0, 0.1) is 5.92 Å². The highest BCUT2D eigenvalue weighted by Crippen LogP contribution is 2.34. The summed E-state index contributed by atoms with van der Waals surface area (Å²) in [5, 5.41) is 0. The standard InChI is InChI=1S/C13H25N/c1-4-12-6-9-13(14,10-7-12)8-5-11(2)3/h5,12H,4,6-10,14H2,1-3H3. The predicted octanol–water partition coefficient (Wildman–Crippen LogP) is 3.64. The molecule has 14 heavy (non-hydrogen) atoms. The minimum absolute atomic E-state index is 0.114. The zero-order chi connectivity index (χ0) is 10.6. The molecule has 0 unspecified atom stereocenters. The van der Waals surface area contributed by atoms with E-state index in [0.29, 0.717) is 0 Å². The number of hydrogen-bond donors (Lipinski definition) is 1. The van der Waals surface area contributed by atoms with E-state index in [4.69, 9.17) is 5.73 Å². The van der Waals surface area contributed by atoms with Gasteiger partial charge in [-0.1, -0.05) is 25.0 Å². The molecule has 1 rings (SSSR count). The molecule has 1 nitrogen and oxygen atoms in total. The van der Waals surface area contributed by atoms with Crippen molar-refractivity contribution in [1.29, 1.82) is 0 Å². The maximum Gasteiger partial charge on any atom is 0.0189 e. The molecule has 0 aromatic heterocycles. The molecule has 82 valence electrons. The Labute approximate surface area is 88.8 Å².